The average Bonchev–Trinajstić information content (AvgIpc) is 2.46. The molecule has 0 aliphatic carbocycles. The van der Waals surface area contributed by atoms with E-state index in [1.54, 1.807) is 0 Å². The Bertz CT molecular complexity index is 565. The third-order valence-electron chi connectivity index (χ3n) is 3.76. The Morgan fingerprint density at radius 2 is 1.57 bits per heavy atom. The summed E-state index contributed by atoms with van der Waals surface area (Å²) in [5.74, 6) is 0.834. The van der Waals surface area contributed by atoms with Crippen molar-refractivity contribution in [3.63, 3.8) is 0 Å². The van der Waals surface area contributed by atoms with Gasteiger partial charge in [-0.05, 0) is 52.3 Å². The Kier molecular flexibility index (Phi) is 5.45. The molecule has 3 heteroatoms. The summed E-state index contributed by atoms with van der Waals surface area (Å²) >= 11 is 0. The van der Waals surface area contributed by atoms with E-state index in [2.05, 4.69) is 57.3 Å². The molecule has 0 saturated carbocycles. The zero-order valence-electron chi connectivity index (χ0n) is 13.5. The standard InChI is InChI=1S/C18H25N3/c1-5-19-12-6-7-17-14(3)20-18(21-15(17)4)16-10-8-13(2)9-11-16/h8-11,19H,5-7,12H2,1-4H3. The highest BCUT2D eigenvalue weighted by Gasteiger charge is 2.09. The van der Waals surface area contributed by atoms with Crippen molar-refractivity contribution in [2.24, 2.45) is 0 Å². The largest absolute Gasteiger partial charge is 0.317 e. The van der Waals surface area contributed by atoms with E-state index in [0.717, 1.165) is 48.7 Å². The van der Waals surface area contributed by atoms with Crippen LogP contribution >= 0.6 is 0 Å². The number of aromatic nitrogens is 2. The molecule has 1 N–H and O–H groups in total. The molecule has 0 aliphatic rings. The second-order valence-corrected chi connectivity index (χ2v) is 5.52. The molecule has 1 aromatic heterocycles. The summed E-state index contributed by atoms with van der Waals surface area (Å²) in [4.78, 5) is 9.40. The first-order valence-corrected chi connectivity index (χ1v) is 7.73. The fourth-order valence-corrected chi connectivity index (χ4v) is 2.50. The zero-order valence-corrected chi connectivity index (χ0v) is 13.5. The second-order valence-electron chi connectivity index (χ2n) is 5.52. The quantitative estimate of drug-likeness (QED) is 0.823. The Morgan fingerprint density at radius 1 is 0.952 bits per heavy atom. The second kappa shape index (κ2) is 7.32. The average molecular weight is 283 g/mol. The Morgan fingerprint density at radius 3 is 2.14 bits per heavy atom. The minimum atomic E-state index is 0.834. The lowest BCUT2D eigenvalue weighted by Crippen LogP contribution is -2.15. The van der Waals surface area contributed by atoms with Gasteiger partial charge in [0.15, 0.2) is 5.82 Å². The van der Waals surface area contributed by atoms with Crippen molar-refractivity contribution in [3.05, 3.63) is 46.8 Å². The number of hydrogen-bond donors (Lipinski definition) is 1. The molecule has 2 aromatic rings. The van der Waals surface area contributed by atoms with Gasteiger partial charge in [-0.2, -0.15) is 0 Å². The summed E-state index contributed by atoms with van der Waals surface area (Å²) in [6.07, 6.45) is 2.17. The van der Waals surface area contributed by atoms with Gasteiger partial charge in [0, 0.05) is 17.0 Å². The maximum atomic E-state index is 4.70. The van der Waals surface area contributed by atoms with Crippen LogP contribution in [0.1, 0.15) is 35.9 Å². The Hall–Kier alpha value is -1.74. The summed E-state index contributed by atoms with van der Waals surface area (Å²) in [5.41, 5.74) is 5.85. The van der Waals surface area contributed by atoms with Crippen LogP contribution < -0.4 is 5.32 Å². The van der Waals surface area contributed by atoms with Crippen molar-refractivity contribution in [2.75, 3.05) is 13.1 Å². The van der Waals surface area contributed by atoms with E-state index < -0.39 is 0 Å². The van der Waals surface area contributed by atoms with E-state index >= 15 is 0 Å². The van der Waals surface area contributed by atoms with Crippen LogP contribution in [0.2, 0.25) is 0 Å². The Labute approximate surface area is 127 Å². The molecule has 0 aliphatic heterocycles. The lowest BCUT2D eigenvalue weighted by Gasteiger charge is -2.11. The van der Waals surface area contributed by atoms with E-state index in [-0.39, 0.29) is 0 Å². The van der Waals surface area contributed by atoms with Crippen LogP contribution in [0, 0.1) is 20.8 Å². The van der Waals surface area contributed by atoms with Crippen molar-refractivity contribution in [2.45, 2.75) is 40.5 Å². The molecule has 1 aromatic carbocycles. The van der Waals surface area contributed by atoms with Crippen LogP contribution in [0.15, 0.2) is 24.3 Å². The van der Waals surface area contributed by atoms with Gasteiger partial charge in [0.2, 0.25) is 0 Å². The van der Waals surface area contributed by atoms with E-state index in [1.165, 1.54) is 11.1 Å². The van der Waals surface area contributed by atoms with E-state index in [4.69, 9.17) is 9.97 Å². The molecule has 112 valence electrons. The number of benzene rings is 1. The van der Waals surface area contributed by atoms with Gasteiger partial charge in [0.25, 0.3) is 0 Å². The Balaban J connectivity index is 2.18. The molecular formula is C18H25N3. The van der Waals surface area contributed by atoms with Gasteiger partial charge in [-0.1, -0.05) is 36.8 Å². The van der Waals surface area contributed by atoms with Gasteiger partial charge < -0.3 is 5.32 Å². The fourth-order valence-electron chi connectivity index (χ4n) is 2.50. The number of rotatable bonds is 6. The minimum absolute atomic E-state index is 0.834. The summed E-state index contributed by atoms with van der Waals surface area (Å²) in [7, 11) is 0. The highest BCUT2D eigenvalue weighted by molar-refractivity contribution is 5.56. The smallest absolute Gasteiger partial charge is 0.159 e. The predicted molar refractivity (Wildman–Crippen MR) is 88.5 cm³/mol. The first-order chi connectivity index (χ1) is 10.1. The van der Waals surface area contributed by atoms with Crippen molar-refractivity contribution in [1.29, 1.82) is 0 Å². The molecule has 0 unspecified atom stereocenters. The highest BCUT2D eigenvalue weighted by Crippen LogP contribution is 2.20. The lowest BCUT2D eigenvalue weighted by molar-refractivity contribution is 0.667. The molecule has 0 amide bonds. The first kappa shape index (κ1) is 15.6. The van der Waals surface area contributed by atoms with Gasteiger partial charge in [-0.25, -0.2) is 9.97 Å². The third kappa shape index (κ3) is 4.11. The van der Waals surface area contributed by atoms with Crippen LogP contribution in [-0.4, -0.2) is 23.1 Å². The lowest BCUT2D eigenvalue weighted by atomic mass is 10.1. The summed E-state index contributed by atoms with van der Waals surface area (Å²) in [5, 5.41) is 3.36. The van der Waals surface area contributed by atoms with Crippen LogP contribution in [0.25, 0.3) is 11.4 Å². The third-order valence-corrected chi connectivity index (χ3v) is 3.76. The summed E-state index contributed by atoms with van der Waals surface area (Å²) in [6, 6.07) is 8.39. The number of hydrogen-bond acceptors (Lipinski definition) is 3. The molecule has 0 saturated heterocycles. The van der Waals surface area contributed by atoms with E-state index in [1.807, 2.05) is 0 Å². The molecule has 0 radical (unpaired) electrons. The van der Waals surface area contributed by atoms with Gasteiger partial charge in [0.1, 0.15) is 0 Å². The predicted octanol–water partition coefficient (Wildman–Crippen LogP) is 3.61. The molecule has 2 rings (SSSR count). The van der Waals surface area contributed by atoms with Crippen molar-refractivity contribution >= 4 is 0 Å². The van der Waals surface area contributed by atoms with Crippen molar-refractivity contribution < 1.29 is 0 Å². The molecule has 3 nitrogen and oxygen atoms in total. The molecule has 21 heavy (non-hydrogen) atoms. The molecule has 0 atom stereocenters. The number of nitrogens with zero attached hydrogens (tertiary/aromatic N) is 2. The molecule has 0 bridgehead atoms. The van der Waals surface area contributed by atoms with E-state index in [9.17, 15) is 0 Å². The highest BCUT2D eigenvalue weighted by atomic mass is 14.9. The van der Waals surface area contributed by atoms with Crippen LogP contribution in [0.5, 0.6) is 0 Å². The van der Waals surface area contributed by atoms with Crippen LogP contribution in [0.4, 0.5) is 0 Å². The molecular weight excluding hydrogens is 258 g/mol. The number of nitrogens with one attached hydrogen (secondary N) is 1. The van der Waals surface area contributed by atoms with Gasteiger partial charge in [-0.3, -0.25) is 0 Å². The van der Waals surface area contributed by atoms with Gasteiger partial charge in [-0.15, -0.1) is 0 Å². The zero-order chi connectivity index (χ0) is 15.2. The van der Waals surface area contributed by atoms with Gasteiger partial charge >= 0.3 is 0 Å². The van der Waals surface area contributed by atoms with Gasteiger partial charge in [0.05, 0.1) is 0 Å². The fraction of sp³-hybridized carbons (Fsp3) is 0.444. The SMILES string of the molecule is CCNCCCc1c(C)nc(-c2ccc(C)cc2)nc1C. The molecule has 0 fully saturated rings. The van der Waals surface area contributed by atoms with E-state index in [0.29, 0.717) is 0 Å². The molecule has 1 heterocycles. The molecule has 0 spiro atoms. The first-order valence-electron chi connectivity index (χ1n) is 7.73. The summed E-state index contributed by atoms with van der Waals surface area (Å²) in [6.45, 7) is 10.5. The number of aryl methyl sites for hydroxylation is 3. The maximum Gasteiger partial charge on any atom is 0.159 e. The normalized spacial score (nSPS) is 10.9. The van der Waals surface area contributed by atoms with Crippen molar-refractivity contribution in [1.82, 2.24) is 15.3 Å². The minimum Gasteiger partial charge on any atom is -0.317 e. The maximum absolute atomic E-state index is 4.70. The summed E-state index contributed by atoms with van der Waals surface area (Å²) < 4.78 is 0. The van der Waals surface area contributed by atoms with Crippen LogP contribution in [-0.2, 0) is 6.42 Å². The monoisotopic (exact) mass is 283 g/mol. The van der Waals surface area contributed by atoms with Crippen LogP contribution in [0.3, 0.4) is 0 Å². The van der Waals surface area contributed by atoms with Crippen molar-refractivity contribution in [3.8, 4) is 11.4 Å². The topological polar surface area (TPSA) is 37.8 Å².